The zero-order valence-corrected chi connectivity index (χ0v) is 16.8. The van der Waals surface area contributed by atoms with E-state index in [1.807, 2.05) is 12.1 Å². The number of nitro groups is 1. The molecule has 0 unspecified atom stereocenters. The maximum Gasteiger partial charge on any atom is 0.271 e. The highest BCUT2D eigenvalue weighted by Gasteiger charge is 2.32. The van der Waals surface area contributed by atoms with Gasteiger partial charge in [0, 0.05) is 41.6 Å². The van der Waals surface area contributed by atoms with Gasteiger partial charge in [-0.25, -0.2) is 0 Å². The summed E-state index contributed by atoms with van der Waals surface area (Å²) in [5.74, 6) is -1.09. The van der Waals surface area contributed by atoms with Gasteiger partial charge in [-0.1, -0.05) is 30.3 Å². The third kappa shape index (κ3) is 3.75. The van der Waals surface area contributed by atoms with Crippen LogP contribution in [0, 0.1) is 17.0 Å². The van der Waals surface area contributed by atoms with E-state index in [9.17, 15) is 24.5 Å². The predicted octanol–water partition coefficient (Wildman–Crippen LogP) is 4.07. The number of nitrogens with zero attached hydrogens (tertiary/aromatic N) is 2. The minimum absolute atomic E-state index is 0.0606. The molecule has 0 saturated carbocycles. The van der Waals surface area contributed by atoms with Gasteiger partial charge in [-0.2, -0.15) is 0 Å². The standard InChI is InChI=1S/C23H19N3O5/c1-14-10-11-16(26(30)31)13-19(14)24-20(27)9-4-12-25-22(28)17-7-2-5-15-6-3-8-18(21(15)17)23(25)29/h2-3,5-8,10-11,13H,4,9,12H2,1H3,(H,24,27). The molecule has 4 rings (SSSR count). The first-order valence-electron chi connectivity index (χ1n) is 9.79. The summed E-state index contributed by atoms with van der Waals surface area (Å²) in [6, 6.07) is 14.9. The molecule has 0 aliphatic carbocycles. The molecular formula is C23H19N3O5. The number of nitrogens with one attached hydrogen (secondary N) is 1. The van der Waals surface area contributed by atoms with Gasteiger partial charge in [0.15, 0.2) is 0 Å². The number of benzene rings is 3. The Morgan fingerprint density at radius 3 is 2.29 bits per heavy atom. The van der Waals surface area contributed by atoms with Gasteiger partial charge < -0.3 is 5.32 Å². The van der Waals surface area contributed by atoms with E-state index in [1.54, 1.807) is 37.3 Å². The second-order valence-corrected chi connectivity index (χ2v) is 7.38. The molecule has 1 aliphatic heterocycles. The number of carbonyl (C=O) groups excluding carboxylic acids is 3. The normalized spacial score (nSPS) is 12.9. The van der Waals surface area contributed by atoms with Crippen LogP contribution < -0.4 is 5.32 Å². The molecule has 0 saturated heterocycles. The van der Waals surface area contributed by atoms with Crippen LogP contribution in [-0.4, -0.2) is 34.1 Å². The number of nitro benzene ring substituents is 1. The summed E-state index contributed by atoms with van der Waals surface area (Å²) in [6.07, 6.45) is 0.334. The zero-order valence-electron chi connectivity index (χ0n) is 16.8. The fourth-order valence-corrected chi connectivity index (χ4v) is 3.75. The van der Waals surface area contributed by atoms with Crippen LogP contribution >= 0.6 is 0 Å². The van der Waals surface area contributed by atoms with E-state index in [-0.39, 0.29) is 42.8 Å². The Morgan fingerprint density at radius 2 is 1.68 bits per heavy atom. The number of non-ortho nitro benzene ring substituents is 1. The number of imide groups is 1. The highest BCUT2D eigenvalue weighted by molar-refractivity contribution is 6.25. The summed E-state index contributed by atoms with van der Waals surface area (Å²) < 4.78 is 0. The molecule has 0 radical (unpaired) electrons. The van der Waals surface area contributed by atoms with Crippen LogP contribution in [0.4, 0.5) is 11.4 Å². The lowest BCUT2D eigenvalue weighted by atomic mass is 9.94. The second-order valence-electron chi connectivity index (χ2n) is 7.38. The van der Waals surface area contributed by atoms with E-state index < -0.39 is 4.92 Å². The number of anilines is 1. The molecule has 0 spiro atoms. The maximum atomic E-state index is 12.9. The van der Waals surface area contributed by atoms with Crippen LogP contribution in [0.2, 0.25) is 0 Å². The molecule has 1 heterocycles. The largest absolute Gasteiger partial charge is 0.326 e. The van der Waals surface area contributed by atoms with E-state index in [1.165, 1.54) is 17.0 Å². The smallest absolute Gasteiger partial charge is 0.271 e. The first-order chi connectivity index (χ1) is 14.9. The second kappa shape index (κ2) is 7.98. The van der Waals surface area contributed by atoms with E-state index >= 15 is 0 Å². The third-order valence-corrected chi connectivity index (χ3v) is 5.35. The van der Waals surface area contributed by atoms with Crippen molar-refractivity contribution in [1.82, 2.24) is 4.90 Å². The Hall–Kier alpha value is -4.07. The van der Waals surface area contributed by atoms with Crippen molar-refractivity contribution in [2.24, 2.45) is 0 Å². The Balaban J connectivity index is 1.43. The SMILES string of the molecule is Cc1ccc([N+](=O)[O-])cc1NC(=O)CCCN1C(=O)c2cccc3cccc(c23)C1=O. The fourth-order valence-electron chi connectivity index (χ4n) is 3.75. The van der Waals surface area contributed by atoms with E-state index in [0.717, 1.165) is 5.39 Å². The molecule has 0 bridgehead atoms. The Morgan fingerprint density at radius 1 is 1.03 bits per heavy atom. The predicted molar refractivity (Wildman–Crippen MR) is 115 cm³/mol. The molecule has 8 nitrogen and oxygen atoms in total. The van der Waals surface area contributed by atoms with Crippen molar-refractivity contribution in [2.45, 2.75) is 19.8 Å². The topological polar surface area (TPSA) is 110 Å². The van der Waals surface area contributed by atoms with Crippen molar-refractivity contribution < 1.29 is 19.3 Å². The molecule has 1 N–H and O–H groups in total. The minimum atomic E-state index is -0.527. The van der Waals surface area contributed by atoms with Gasteiger partial charge in [-0.3, -0.25) is 29.4 Å². The van der Waals surface area contributed by atoms with Crippen molar-refractivity contribution in [3.63, 3.8) is 0 Å². The van der Waals surface area contributed by atoms with Crippen molar-refractivity contribution in [1.29, 1.82) is 0 Å². The summed E-state index contributed by atoms with van der Waals surface area (Å²) in [5.41, 5.74) is 1.90. The summed E-state index contributed by atoms with van der Waals surface area (Å²) in [7, 11) is 0. The monoisotopic (exact) mass is 417 g/mol. The number of aryl methyl sites for hydroxylation is 1. The third-order valence-electron chi connectivity index (χ3n) is 5.35. The number of hydrogen-bond acceptors (Lipinski definition) is 5. The molecular weight excluding hydrogens is 398 g/mol. The van der Waals surface area contributed by atoms with Crippen molar-refractivity contribution >= 4 is 39.9 Å². The highest BCUT2D eigenvalue weighted by atomic mass is 16.6. The number of amides is 3. The molecule has 31 heavy (non-hydrogen) atoms. The van der Waals surface area contributed by atoms with Crippen LogP contribution in [0.25, 0.3) is 10.8 Å². The summed E-state index contributed by atoms with van der Waals surface area (Å²) in [5, 5.41) is 15.1. The average Bonchev–Trinajstić information content (AvgIpc) is 2.75. The van der Waals surface area contributed by atoms with Crippen molar-refractivity contribution in [3.8, 4) is 0 Å². The van der Waals surface area contributed by atoms with Gasteiger partial charge in [0.25, 0.3) is 17.5 Å². The summed E-state index contributed by atoms with van der Waals surface area (Å²) in [4.78, 5) is 49.6. The Labute approximate surface area is 177 Å². The minimum Gasteiger partial charge on any atom is -0.326 e. The lowest BCUT2D eigenvalue weighted by molar-refractivity contribution is -0.384. The molecule has 0 aromatic heterocycles. The number of hydrogen-bond donors (Lipinski definition) is 1. The molecule has 8 heteroatoms. The van der Waals surface area contributed by atoms with Gasteiger partial charge in [0.1, 0.15) is 0 Å². The van der Waals surface area contributed by atoms with E-state index in [4.69, 9.17) is 0 Å². The van der Waals surface area contributed by atoms with Crippen molar-refractivity contribution in [2.75, 3.05) is 11.9 Å². The molecule has 0 fully saturated rings. The quantitative estimate of drug-likeness (QED) is 0.369. The molecule has 3 amide bonds. The van der Waals surface area contributed by atoms with Crippen LogP contribution in [0.15, 0.2) is 54.6 Å². The van der Waals surface area contributed by atoms with Crippen LogP contribution in [0.5, 0.6) is 0 Å². The highest BCUT2D eigenvalue weighted by Crippen LogP contribution is 2.30. The van der Waals surface area contributed by atoms with Crippen LogP contribution in [0.3, 0.4) is 0 Å². The fraction of sp³-hybridized carbons (Fsp3) is 0.174. The van der Waals surface area contributed by atoms with Gasteiger partial charge in [-0.05, 0) is 36.4 Å². The lowest BCUT2D eigenvalue weighted by Crippen LogP contribution is -2.41. The molecule has 1 aliphatic rings. The van der Waals surface area contributed by atoms with Gasteiger partial charge in [0.2, 0.25) is 5.91 Å². The number of carbonyl (C=O) groups is 3. The van der Waals surface area contributed by atoms with E-state index in [0.29, 0.717) is 27.8 Å². The Bertz CT molecular complexity index is 1200. The molecule has 0 atom stereocenters. The van der Waals surface area contributed by atoms with Crippen LogP contribution in [-0.2, 0) is 4.79 Å². The van der Waals surface area contributed by atoms with Gasteiger partial charge in [-0.15, -0.1) is 0 Å². The van der Waals surface area contributed by atoms with Crippen molar-refractivity contribution in [3.05, 3.63) is 81.4 Å². The van der Waals surface area contributed by atoms with E-state index in [2.05, 4.69) is 5.32 Å². The molecule has 156 valence electrons. The maximum absolute atomic E-state index is 12.9. The van der Waals surface area contributed by atoms with Gasteiger partial charge >= 0.3 is 0 Å². The molecule has 3 aromatic carbocycles. The molecule has 3 aromatic rings. The Kier molecular flexibility index (Phi) is 5.21. The first kappa shape index (κ1) is 20.2. The zero-order chi connectivity index (χ0) is 22.1. The average molecular weight is 417 g/mol. The van der Waals surface area contributed by atoms with Crippen LogP contribution in [0.1, 0.15) is 39.1 Å². The first-order valence-corrected chi connectivity index (χ1v) is 9.79. The van der Waals surface area contributed by atoms with Gasteiger partial charge in [0.05, 0.1) is 10.6 Å². The number of rotatable bonds is 6. The summed E-state index contributed by atoms with van der Waals surface area (Å²) in [6.45, 7) is 1.84. The summed E-state index contributed by atoms with van der Waals surface area (Å²) >= 11 is 0. The lowest BCUT2D eigenvalue weighted by Gasteiger charge is -2.27.